The predicted molar refractivity (Wildman–Crippen MR) is 170 cm³/mol. The normalized spacial score (nSPS) is 21.4. The summed E-state index contributed by atoms with van der Waals surface area (Å²) in [7, 11) is 0. The van der Waals surface area contributed by atoms with Gasteiger partial charge in [0.05, 0.1) is 5.56 Å². The summed E-state index contributed by atoms with van der Waals surface area (Å²) < 4.78 is 47.7. The Hall–Kier alpha value is -3.02. The lowest BCUT2D eigenvalue weighted by Gasteiger charge is -2.35. The van der Waals surface area contributed by atoms with Crippen molar-refractivity contribution in [1.29, 1.82) is 0 Å². The lowest BCUT2D eigenvalue weighted by Crippen LogP contribution is -2.50. The van der Waals surface area contributed by atoms with Crippen LogP contribution in [0.2, 0.25) is 0 Å². The molecule has 6 rings (SSSR count). The highest BCUT2D eigenvalue weighted by Crippen LogP contribution is 2.39. The second-order valence-corrected chi connectivity index (χ2v) is 12.4. The van der Waals surface area contributed by atoms with Gasteiger partial charge in [0.2, 0.25) is 0 Å². The van der Waals surface area contributed by atoms with E-state index in [4.69, 9.17) is 4.74 Å². The molecule has 2 amide bonds. The van der Waals surface area contributed by atoms with Crippen LogP contribution < -0.4 is 20.3 Å². The van der Waals surface area contributed by atoms with Gasteiger partial charge in [0.15, 0.2) is 0 Å². The number of anilines is 1. The highest BCUT2D eigenvalue weighted by molar-refractivity contribution is 5.97. The number of nitrogens with zero attached hydrogens (tertiary/aromatic N) is 3. The van der Waals surface area contributed by atoms with Crippen LogP contribution >= 0.6 is 12.4 Å². The number of rotatable bonds is 6. The van der Waals surface area contributed by atoms with Crippen molar-refractivity contribution < 1.29 is 27.5 Å². The maximum absolute atomic E-state index is 13.8. The molecule has 0 aromatic heterocycles. The monoisotopic (exact) mass is 649 g/mol. The second-order valence-electron chi connectivity index (χ2n) is 12.4. The van der Waals surface area contributed by atoms with E-state index in [-0.39, 0.29) is 43.1 Å². The van der Waals surface area contributed by atoms with Crippen LogP contribution in [0.15, 0.2) is 36.4 Å². The summed E-state index contributed by atoms with van der Waals surface area (Å²) in [6.45, 7) is 5.41. The number of piperazine rings is 2. The highest BCUT2D eigenvalue weighted by Gasteiger charge is 2.34. The van der Waals surface area contributed by atoms with Crippen molar-refractivity contribution >= 4 is 29.9 Å². The molecule has 3 heterocycles. The summed E-state index contributed by atoms with van der Waals surface area (Å²) in [5, 5.41) is 6.55. The number of amides is 2. The third-order valence-electron chi connectivity index (χ3n) is 9.44. The Labute approximate surface area is 269 Å². The molecular weight excluding hydrogens is 607 g/mol. The van der Waals surface area contributed by atoms with Crippen LogP contribution in [0.4, 0.5) is 18.9 Å². The Morgan fingerprint density at radius 3 is 2.04 bits per heavy atom. The maximum atomic E-state index is 13.8. The third kappa shape index (κ3) is 7.86. The second kappa shape index (κ2) is 14.6. The van der Waals surface area contributed by atoms with E-state index in [9.17, 15) is 22.8 Å². The fourth-order valence-electron chi connectivity index (χ4n) is 6.91. The van der Waals surface area contributed by atoms with E-state index in [0.29, 0.717) is 56.4 Å². The van der Waals surface area contributed by atoms with E-state index in [1.54, 1.807) is 15.9 Å². The van der Waals surface area contributed by atoms with Gasteiger partial charge in [-0.25, -0.2) is 0 Å². The van der Waals surface area contributed by atoms with Gasteiger partial charge in [-0.05, 0) is 73.7 Å². The van der Waals surface area contributed by atoms with Crippen molar-refractivity contribution in [3.63, 3.8) is 0 Å². The number of alkyl halides is 3. The van der Waals surface area contributed by atoms with Gasteiger partial charge in [0.1, 0.15) is 11.9 Å². The Morgan fingerprint density at radius 1 is 0.756 bits per heavy atom. The first kappa shape index (κ1) is 33.3. The maximum Gasteiger partial charge on any atom is 0.416 e. The van der Waals surface area contributed by atoms with Crippen molar-refractivity contribution in [2.75, 3.05) is 70.3 Å². The molecule has 1 atom stereocenters. The van der Waals surface area contributed by atoms with Gasteiger partial charge in [-0.1, -0.05) is 19.3 Å². The summed E-state index contributed by atoms with van der Waals surface area (Å²) in [6.07, 6.45) is 2.29. The number of ether oxygens (including phenoxy) is 1. The number of hydrogen-bond donors (Lipinski definition) is 2. The number of halogens is 4. The topological polar surface area (TPSA) is 77.2 Å². The molecule has 0 unspecified atom stereocenters. The van der Waals surface area contributed by atoms with Crippen LogP contribution in [0.3, 0.4) is 0 Å². The molecule has 1 aliphatic carbocycles. The van der Waals surface area contributed by atoms with Crippen LogP contribution in [-0.2, 0) is 6.18 Å². The zero-order valence-electron chi connectivity index (χ0n) is 25.5. The molecule has 4 fully saturated rings. The zero-order valence-corrected chi connectivity index (χ0v) is 26.4. The van der Waals surface area contributed by atoms with Gasteiger partial charge in [0, 0.05) is 75.7 Å². The van der Waals surface area contributed by atoms with Gasteiger partial charge >= 0.3 is 6.18 Å². The molecule has 8 nitrogen and oxygen atoms in total. The van der Waals surface area contributed by atoms with Crippen LogP contribution in [0.5, 0.6) is 5.75 Å². The minimum absolute atomic E-state index is 0. The molecule has 246 valence electrons. The minimum atomic E-state index is -4.56. The number of carbonyl (C=O) groups is 2. The Balaban J connectivity index is 0.00000400. The zero-order chi connectivity index (χ0) is 30.7. The largest absolute Gasteiger partial charge is 0.489 e. The Kier molecular flexibility index (Phi) is 10.8. The van der Waals surface area contributed by atoms with Crippen LogP contribution in [0.25, 0.3) is 0 Å². The molecule has 45 heavy (non-hydrogen) atoms. The summed E-state index contributed by atoms with van der Waals surface area (Å²) in [5.74, 6) is 0.707. The van der Waals surface area contributed by atoms with Gasteiger partial charge in [-0.15, -0.1) is 12.4 Å². The molecule has 1 saturated carbocycles. The number of benzene rings is 2. The standard InChI is InChI=1S/C33H42F3N5O3.ClH/c34-33(35,36)26-18-25(19-27(21-26)39-12-10-37-11-13-39)32(43)41-16-14-40(15-17-41)31(42)24-6-7-30(44-28-8-9-38-22-28)29(20-24)23-4-2-1-3-5-23;/h6-7,18-21,23,28,37-38H,1-5,8-17,22H2;1H/t28-;/m0./s1. The summed E-state index contributed by atoms with van der Waals surface area (Å²) in [5.41, 5.74) is 1.33. The van der Waals surface area contributed by atoms with Crippen molar-refractivity contribution in [2.24, 2.45) is 0 Å². The summed E-state index contributed by atoms with van der Waals surface area (Å²) in [4.78, 5) is 32.3. The van der Waals surface area contributed by atoms with Gasteiger partial charge < -0.3 is 30.1 Å². The van der Waals surface area contributed by atoms with E-state index < -0.39 is 17.6 Å². The number of nitrogens with one attached hydrogen (secondary N) is 2. The fraction of sp³-hybridized carbons (Fsp3) is 0.576. The van der Waals surface area contributed by atoms with Crippen molar-refractivity contribution in [1.82, 2.24) is 20.4 Å². The lowest BCUT2D eigenvalue weighted by molar-refractivity contribution is -0.137. The number of carbonyl (C=O) groups excluding carboxylic acids is 2. The molecule has 0 spiro atoms. The molecule has 0 bridgehead atoms. The number of hydrogen-bond acceptors (Lipinski definition) is 6. The third-order valence-corrected chi connectivity index (χ3v) is 9.44. The predicted octanol–water partition coefficient (Wildman–Crippen LogP) is 4.92. The fourth-order valence-corrected chi connectivity index (χ4v) is 6.91. The average molecular weight is 650 g/mol. The van der Waals surface area contributed by atoms with Gasteiger partial charge in [-0.2, -0.15) is 13.2 Å². The van der Waals surface area contributed by atoms with Crippen LogP contribution in [0.1, 0.15) is 76.3 Å². The molecule has 2 aromatic carbocycles. The molecule has 12 heteroatoms. The Morgan fingerprint density at radius 2 is 1.42 bits per heavy atom. The van der Waals surface area contributed by atoms with Crippen molar-refractivity contribution in [2.45, 2.75) is 56.7 Å². The minimum Gasteiger partial charge on any atom is -0.489 e. The van der Waals surface area contributed by atoms with E-state index >= 15 is 0 Å². The van der Waals surface area contributed by atoms with Gasteiger partial charge in [0.25, 0.3) is 11.8 Å². The highest BCUT2D eigenvalue weighted by atomic mass is 35.5. The SMILES string of the molecule is Cl.O=C(c1cc(N2CCNCC2)cc(C(F)(F)F)c1)N1CCN(C(=O)c2ccc(O[C@H]3CCNC3)c(C3CCCCC3)c2)CC1. The quantitative estimate of drug-likeness (QED) is 0.463. The van der Waals surface area contributed by atoms with E-state index in [1.807, 2.05) is 23.1 Å². The average Bonchev–Trinajstić information content (AvgIpc) is 3.58. The van der Waals surface area contributed by atoms with Crippen LogP contribution in [-0.4, -0.2) is 93.2 Å². The van der Waals surface area contributed by atoms with Crippen LogP contribution in [0, 0.1) is 0 Å². The molecule has 3 saturated heterocycles. The van der Waals surface area contributed by atoms with Crippen molar-refractivity contribution in [3.8, 4) is 5.75 Å². The molecule has 2 N–H and O–H groups in total. The first-order valence-corrected chi connectivity index (χ1v) is 16.0. The van der Waals surface area contributed by atoms with Crippen molar-refractivity contribution in [3.05, 3.63) is 58.7 Å². The molecule has 3 aliphatic heterocycles. The smallest absolute Gasteiger partial charge is 0.416 e. The van der Waals surface area contributed by atoms with E-state index in [2.05, 4.69) is 10.6 Å². The summed E-state index contributed by atoms with van der Waals surface area (Å²) >= 11 is 0. The first-order valence-electron chi connectivity index (χ1n) is 16.0. The molecule has 2 aromatic rings. The van der Waals surface area contributed by atoms with Gasteiger partial charge in [-0.3, -0.25) is 9.59 Å². The molecule has 4 aliphatic rings. The lowest BCUT2D eigenvalue weighted by atomic mass is 9.83. The van der Waals surface area contributed by atoms with E-state index in [0.717, 1.165) is 55.8 Å². The Bertz CT molecular complexity index is 1330. The first-order chi connectivity index (χ1) is 21.3. The summed E-state index contributed by atoms with van der Waals surface area (Å²) in [6, 6.07) is 9.43. The molecular formula is C33H43ClF3N5O3. The van der Waals surface area contributed by atoms with E-state index in [1.165, 1.54) is 19.3 Å². The molecule has 0 radical (unpaired) electrons.